The molecule has 19 heavy (non-hydrogen) atoms. The third-order valence-corrected chi connectivity index (χ3v) is 2.72. The normalized spacial score (nSPS) is 12.7. The zero-order valence-corrected chi connectivity index (χ0v) is 13.5. The molecule has 0 saturated heterocycles. The minimum Gasteiger partial charge on any atom is -0.392 e. The number of nitrogens with zero attached hydrogens (tertiary/aromatic N) is 1. The lowest BCUT2D eigenvalue weighted by Gasteiger charge is -2.11. The number of aliphatic hydroxyl groups excluding tert-OH is 1. The lowest BCUT2D eigenvalue weighted by Crippen LogP contribution is -2.38. The van der Waals surface area contributed by atoms with E-state index in [0.717, 1.165) is 12.0 Å². The van der Waals surface area contributed by atoms with Crippen LogP contribution in [0.5, 0.6) is 0 Å². The quantitative estimate of drug-likeness (QED) is 0.416. The van der Waals surface area contributed by atoms with Gasteiger partial charge in [-0.05, 0) is 31.0 Å². The first-order valence-electron chi connectivity index (χ1n) is 6.01. The van der Waals surface area contributed by atoms with Gasteiger partial charge in [-0.25, -0.2) is 9.38 Å². The van der Waals surface area contributed by atoms with Crippen LogP contribution in [0, 0.1) is 5.82 Å². The molecule has 1 unspecified atom stereocenters. The summed E-state index contributed by atoms with van der Waals surface area (Å²) in [5.74, 6) is -0.0323. The Balaban J connectivity index is 0.00000324. The van der Waals surface area contributed by atoms with Crippen LogP contribution in [0.4, 0.5) is 4.39 Å². The van der Waals surface area contributed by atoms with Crippen molar-refractivity contribution in [3.63, 3.8) is 0 Å². The molecule has 1 atom stereocenters. The van der Waals surface area contributed by atoms with Gasteiger partial charge in [-0.15, -0.1) is 24.0 Å². The average molecular weight is 381 g/mol. The predicted molar refractivity (Wildman–Crippen MR) is 86.0 cm³/mol. The lowest BCUT2D eigenvalue weighted by molar-refractivity contribution is 0.275. The minimum atomic E-state index is -0.407. The van der Waals surface area contributed by atoms with Crippen molar-refractivity contribution in [1.82, 2.24) is 5.32 Å². The number of hydrogen-bond acceptors (Lipinski definition) is 2. The van der Waals surface area contributed by atoms with E-state index in [1.807, 2.05) is 6.92 Å². The Morgan fingerprint density at radius 2 is 2.21 bits per heavy atom. The van der Waals surface area contributed by atoms with Crippen LogP contribution in [-0.4, -0.2) is 17.1 Å². The highest BCUT2D eigenvalue weighted by Gasteiger charge is 2.03. The van der Waals surface area contributed by atoms with Crippen molar-refractivity contribution in [3.05, 3.63) is 35.1 Å². The third kappa shape index (κ3) is 6.20. The third-order valence-electron chi connectivity index (χ3n) is 2.72. The average Bonchev–Trinajstić information content (AvgIpc) is 2.37. The molecule has 0 aliphatic rings. The standard InChI is InChI=1S/C13H20FN3O.HI/c1-3-9(2)17-13(15)16-7-10-4-5-12(14)11(6-10)8-18;/h4-6,9,18H,3,7-8H2,1-2H3,(H3,15,16,17);1H. The molecule has 1 aromatic carbocycles. The summed E-state index contributed by atoms with van der Waals surface area (Å²) in [5.41, 5.74) is 6.80. The highest BCUT2D eigenvalue weighted by atomic mass is 127. The number of aliphatic hydroxyl groups is 1. The maximum atomic E-state index is 13.2. The first-order chi connectivity index (χ1) is 8.56. The second-order valence-electron chi connectivity index (χ2n) is 4.24. The van der Waals surface area contributed by atoms with Gasteiger partial charge >= 0.3 is 0 Å². The Labute approximate surface area is 130 Å². The van der Waals surface area contributed by atoms with Gasteiger partial charge in [0.1, 0.15) is 5.82 Å². The van der Waals surface area contributed by atoms with Crippen LogP contribution in [0.25, 0.3) is 0 Å². The van der Waals surface area contributed by atoms with Crippen molar-refractivity contribution in [1.29, 1.82) is 0 Å². The summed E-state index contributed by atoms with van der Waals surface area (Å²) in [7, 11) is 0. The van der Waals surface area contributed by atoms with Gasteiger partial charge in [0.25, 0.3) is 0 Å². The van der Waals surface area contributed by atoms with Gasteiger partial charge in [0.05, 0.1) is 13.2 Å². The van der Waals surface area contributed by atoms with Crippen LogP contribution in [0.1, 0.15) is 31.4 Å². The molecule has 0 aromatic heterocycles. The van der Waals surface area contributed by atoms with E-state index in [2.05, 4.69) is 17.2 Å². The number of rotatable bonds is 5. The van der Waals surface area contributed by atoms with Gasteiger partial charge in [0.15, 0.2) is 5.96 Å². The molecule has 0 radical (unpaired) electrons. The number of aliphatic imine (C=N–C) groups is 1. The summed E-state index contributed by atoms with van der Waals surface area (Å²) < 4.78 is 13.2. The molecule has 108 valence electrons. The summed E-state index contributed by atoms with van der Waals surface area (Å²) in [4.78, 5) is 4.17. The van der Waals surface area contributed by atoms with E-state index >= 15 is 0 Å². The molecule has 0 fully saturated rings. The molecule has 0 saturated carbocycles. The van der Waals surface area contributed by atoms with Crippen LogP contribution in [0.2, 0.25) is 0 Å². The van der Waals surface area contributed by atoms with Crippen molar-refractivity contribution in [2.75, 3.05) is 0 Å². The molecule has 0 aliphatic heterocycles. The monoisotopic (exact) mass is 381 g/mol. The molecule has 0 aliphatic carbocycles. The fraction of sp³-hybridized carbons (Fsp3) is 0.462. The second kappa shape index (κ2) is 9.08. The van der Waals surface area contributed by atoms with Crippen LogP contribution >= 0.6 is 24.0 Å². The summed E-state index contributed by atoms with van der Waals surface area (Å²) >= 11 is 0. The number of nitrogens with one attached hydrogen (secondary N) is 1. The summed E-state index contributed by atoms with van der Waals surface area (Å²) in [6.45, 7) is 4.12. The van der Waals surface area contributed by atoms with Crippen molar-refractivity contribution >= 4 is 29.9 Å². The Kier molecular flexibility index (Phi) is 8.66. The van der Waals surface area contributed by atoms with E-state index in [-0.39, 0.29) is 42.2 Å². The number of halogens is 2. The molecule has 0 amide bonds. The maximum Gasteiger partial charge on any atom is 0.189 e. The van der Waals surface area contributed by atoms with E-state index in [0.29, 0.717) is 12.5 Å². The number of benzene rings is 1. The minimum absolute atomic E-state index is 0. The van der Waals surface area contributed by atoms with Crippen molar-refractivity contribution < 1.29 is 9.50 Å². The van der Waals surface area contributed by atoms with Gasteiger partial charge in [0.2, 0.25) is 0 Å². The maximum absolute atomic E-state index is 13.2. The topological polar surface area (TPSA) is 70.6 Å². The van der Waals surface area contributed by atoms with Gasteiger partial charge < -0.3 is 16.2 Å². The van der Waals surface area contributed by atoms with Gasteiger partial charge in [-0.1, -0.05) is 13.0 Å². The smallest absolute Gasteiger partial charge is 0.189 e. The molecule has 4 nitrogen and oxygen atoms in total. The van der Waals surface area contributed by atoms with Crippen molar-refractivity contribution in [3.8, 4) is 0 Å². The summed E-state index contributed by atoms with van der Waals surface area (Å²) in [5, 5.41) is 12.0. The molecule has 1 rings (SSSR count). The first-order valence-corrected chi connectivity index (χ1v) is 6.01. The molecule has 1 aromatic rings. The zero-order valence-electron chi connectivity index (χ0n) is 11.2. The number of nitrogens with two attached hydrogens (primary N) is 1. The lowest BCUT2D eigenvalue weighted by atomic mass is 10.1. The van der Waals surface area contributed by atoms with Crippen LogP contribution in [0.3, 0.4) is 0 Å². The number of guanidine groups is 1. The Bertz CT molecular complexity index is 426. The Hall–Kier alpha value is -0.890. The van der Waals surface area contributed by atoms with Crippen molar-refractivity contribution in [2.45, 2.75) is 39.5 Å². The summed E-state index contributed by atoms with van der Waals surface area (Å²) in [6.07, 6.45) is 0.960. The van der Waals surface area contributed by atoms with Crippen LogP contribution in [0.15, 0.2) is 23.2 Å². The van der Waals surface area contributed by atoms with Crippen LogP contribution in [-0.2, 0) is 13.2 Å². The van der Waals surface area contributed by atoms with Crippen molar-refractivity contribution in [2.24, 2.45) is 10.7 Å². The molecule has 0 bridgehead atoms. The number of hydrogen-bond donors (Lipinski definition) is 3. The second-order valence-corrected chi connectivity index (χ2v) is 4.24. The Morgan fingerprint density at radius 3 is 2.79 bits per heavy atom. The first kappa shape index (κ1) is 18.1. The molecule has 6 heteroatoms. The SMILES string of the molecule is CCC(C)NC(N)=NCc1ccc(F)c(CO)c1.I. The highest BCUT2D eigenvalue weighted by molar-refractivity contribution is 14.0. The van der Waals surface area contributed by atoms with E-state index in [1.54, 1.807) is 12.1 Å². The highest BCUT2D eigenvalue weighted by Crippen LogP contribution is 2.11. The molecular weight excluding hydrogens is 360 g/mol. The van der Waals surface area contributed by atoms with Gasteiger partial charge in [-0.2, -0.15) is 0 Å². The molecule has 0 spiro atoms. The van der Waals surface area contributed by atoms with E-state index in [1.165, 1.54) is 6.07 Å². The van der Waals surface area contributed by atoms with Crippen LogP contribution < -0.4 is 11.1 Å². The molecule has 4 N–H and O–H groups in total. The summed E-state index contributed by atoms with van der Waals surface area (Å²) in [6, 6.07) is 4.83. The van der Waals surface area contributed by atoms with E-state index in [9.17, 15) is 4.39 Å². The fourth-order valence-electron chi connectivity index (χ4n) is 1.42. The largest absolute Gasteiger partial charge is 0.392 e. The van der Waals surface area contributed by atoms with E-state index in [4.69, 9.17) is 10.8 Å². The van der Waals surface area contributed by atoms with E-state index < -0.39 is 5.82 Å². The Morgan fingerprint density at radius 1 is 1.53 bits per heavy atom. The molecular formula is C13H21FIN3O. The predicted octanol–water partition coefficient (Wildman–Crippen LogP) is 2.14. The van der Waals surface area contributed by atoms with Gasteiger partial charge in [0, 0.05) is 11.6 Å². The fourth-order valence-corrected chi connectivity index (χ4v) is 1.42. The zero-order chi connectivity index (χ0) is 13.5. The molecule has 0 heterocycles. The van der Waals surface area contributed by atoms with Gasteiger partial charge in [-0.3, -0.25) is 0 Å².